The molecule has 5 nitrogen and oxygen atoms in total. The van der Waals surface area contributed by atoms with Crippen molar-refractivity contribution in [1.29, 1.82) is 0 Å². The molecule has 0 fully saturated rings. The van der Waals surface area contributed by atoms with Gasteiger partial charge in [-0.1, -0.05) is 12.1 Å². The Morgan fingerprint density at radius 1 is 0.969 bits per heavy atom. The van der Waals surface area contributed by atoms with Crippen molar-refractivity contribution in [2.24, 2.45) is 0 Å². The Kier molecular flexibility index (Phi) is 5.65. The molecular formula is C25H23F2N3O2. The number of anilines is 2. The molecule has 0 aliphatic carbocycles. The van der Waals surface area contributed by atoms with Crippen molar-refractivity contribution in [2.45, 2.75) is 27.7 Å². The molecule has 32 heavy (non-hydrogen) atoms. The molecule has 164 valence electrons. The molecule has 1 N–H and O–H groups in total. The summed E-state index contributed by atoms with van der Waals surface area (Å²) >= 11 is 0. The maximum absolute atomic E-state index is 15.1. The molecule has 0 amide bonds. The number of rotatable bonds is 5. The predicted octanol–water partition coefficient (Wildman–Crippen LogP) is 5.73. The van der Waals surface area contributed by atoms with E-state index in [0.29, 0.717) is 17.8 Å². The molecule has 0 unspecified atom stereocenters. The lowest BCUT2D eigenvalue weighted by atomic mass is 10.1. The Morgan fingerprint density at radius 3 is 2.31 bits per heavy atom. The van der Waals surface area contributed by atoms with Gasteiger partial charge in [-0.05, 0) is 69.2 Å². The van der Waals surface area contributed by atoms with Gasteiger partial charge in [-0.2, -0.15) is 0 Å². The molecule has 0 aliphatic rings. The zero-order valence-corrected chi connectivity index (χ0v) is 18.3. The van der Waals surface area contributed by atoms with Gasteiger partial charge in [0.05, 0.1) is 23.5 Å². The van der Waals surface area contributed by atoms with E-state index >= 15 is 4.39 Å². The quantitative estimate of drug-likeness (QED) is 0.435. The zero-order valence-electron chi connectivity index (χ0n) is 18.3. The van der Waals surface area contributed by atoms with E-state index in [1.54, 1.807) is 62.6 Å². The molecular weight excluding hydrogens is 412 g/mol. The first-order valence-corrected chi connectivity index (χ1v) is 10.3. The van der Waals surface area contributed by atoms with Crippen LogP contribution < -0.4 is 15.5 Å². The van der Waals surface area contributed by atoms with Crippen LogP contribution in [0.15, 0.2) is 53.3 Å². The standard InChI is InChI=1S/C25H23F2N3O2/c1-5-32-25-24-21(12-16(4)28-25)30(20-9-7-15(3)11-18(20)27)23(13-22(24)31)29-19-8-6-14(2)10-17(19)26/h6-13,29H,5H2,1-4H3. The smallest absolute Gasteiger partial charge is 0.227 e. The minimum atomic E-state index is -0.477. The first-order valence-electron chi connectivity index (χ1n) is 10.3. The number of pyridine rings is 2. The largest absolute Gasteiger partial charge is 0.477 e. The molecule has 7 heteroatoms. The van der Waals surface area contributed by atoms with Crippen LogP contribution in [0.3, 0.4) is 0 Å². The molecule has 0 aliphatic heterocycles. The molecule has 0 saturated carbocycles. The normalized spacial score (nSPS) is 11.1. The van der Waals surface area contributed by atoms with Gasteiger partial charge < -0.3 is 10.1 Å². The summed E-state index contributed by atoms with van der Waals surface area (Å²) in [4.78, 5) is 17.4. The summed E-state index contributed by atoms with van der Waals surface area (Å²) in [6, 6.07) is 12.5. The summed E-state index contributed by atoms with van der Waals surface area (Å²) < 4.78 is 36.9. The van der Waals surface area contributed by atoms with E-state index < -0.39 is 11.6 Å². The highest BCUT2D eigenvalue weighted by atomic mass is 19.1. The summed E-state index contributed by atoms with van der Waals surface area (Å²) in [6.07, 6.45) is 0. The third kappa shape index (κ3) is 3.93. The predicted molar refractivity (Wildman–Crippen MR) is 122 cm³/mol. The van der Waals surface area contributed by atoms with E-state index in [-0.39, 0.29) is 33.9 Å². The monoisotopic (exact) mass is 435 g/mol. The highest BCUT2D eigenvalue weighted by Crippen LogP contribution is 2.31. The van der Waals surface area contributed by atoms with Gasteiger partial charge in [0.15, 0.2) is 5.43 Å². The molecule has 2 heterocycles. The van der Waals surface area contributed by atoms with Crippen LogP contribution in [0.1, 0.15) is 23.7 Å². The van der Waals surface area contributed by atoms with Gasteiger partial charge >= 0.3 is 0 Å². The summed E-state index contributed by atoms with van der Waals surface area (Å²) in [7, 11) is 0. The number of fused-ring (bicyclic) bond motifs is 1. The molecule has 0 bridgehead atoms. The number of ether oxygens (including phenoxy) is 1. The lowest BCUT2D eigenvalue weighted by Crippen LogP contribution is -2.16. The van der Waals surface area contributed by atoms with Gasteiger partial charge in [0.25, 0.3) is 0 Å². The summed E-state index contributed by atoms with van der Waals surface area (Å²) in [5.74, 6) is -0.549. The molecule has 0 radical (unpaired) electrons. The fraction of sp³-hybridized carbons (Fsp3) is 0.200. The van der Waals surface area contributed by atoms with Crippen LogP contribution in [0.5, 0.6) is 5.88 Å². The van der Waals surface area contributed by atoms with Crippen LogP contribution in [0.4, 0.5) is 20.3 Å². The maximum atomic E-state index is 15.1. The fourth-order valence-electron chi connectivity index (χ4n) is 3.67. The van der Waals surface area contributed by atoms with Crippen molar-refractivity contribution in [1.82, 2.24) is 9.55 Å². The minimum absolute atomic E-state index is 0.173. The van der Waals surface area contributed by atoms with Gasteiger partial charge in [0.1, 0.15) is 22.8 Å². The number of hydrogen-bond acceptors (Lipinski definition) is 4. The molecule has 2 aromatic heterocycles. The average molecular weight is 435 g/mol. The molecule has 0 atom stereocenters. The van der Waals surface area contributed by atoms with E-state index in [2.05, 4.69) is 10.3 Å². The number of nitrogens with zero attached hydrogens (tertiary/aromatic N) is 2. The molecule has 4 aromatic rings. The van der Waals surface area contributed by atoms with Crippen LogP contribution in [0, 0.1) is 32.4 Å². The Balaban J connectivity index is 2.08. The second kappa shape index (κ2) is 8.42. The molecule has 0 saturated heterocycles. The number of hydrogen-bond donors (Lipinski definition) is 1. The van der Waals surface area contributed by atoms with Crippen molar-refractivity contribution in [2.75, 3.05) is 11.9 Å². The van der Waals surface area contributed by atoms with Crippen LogP contribution in [-0.4, -0.2) is 16.2 Å². The molecule has 0 spiro atoms. The fourth-order valence-corrected chi connectivity index (χ4v) is 3.67. The van der Waals surface area contributed by atoms with Crippen molar-refractivity contribution in [3.63, 3.8) is 0 Å². The lowest BCUT2D eigenvalue weighted by molar-refractivity contribution is 0.330. The van der Waals surface area contributed by atoms with Crippen LogP contribution in [-0.2, 0) is 0 Å². The van der Waals surface area contributed by atoms with Gasteiger partial charge in [-0.15, -0.1) is 0 Å². The van der Waals surface area contributed by atoms with Crippen molar-refractivity contribution in [3.8, 4) is 11.6 Å². The minimum Gasteiger partial charge on any atom is -0.477 e. The van der Waals surface area contributed by atoms with E-state index in [1.807, 2.05) is 0 Å². The van der Waals surface area contributed by atoms with E-state index in [0.717, 1.165) is 11.1 Å². The number of halogens is 2. The zero-order chi connectivity index (χ0) is 23.0. The van der Waals surface area contributed by atoms with Gasteiger partial charge in [-0.25, -0.2) is 13.8 Å². The summed E-state index contributed by atoms with van der Waals surface area (Å²) in [5, 5.41) is 3.20. The van der Waals surface area contributed by atoms with Crippen molar-refractivity contribution < 1.29 is 13.5 Å². The first-order chi connectivity index (χ1) is 15.3. The highest BCUT2D eigenvalue weighted by Gasteiger charge is 2.19. The van der Waals surface area contributed by atoms with E-state index in [4.69, 9.17) is 4.74 Å². The Bertz CT molecular complexity index is 1400. The highest BCUT2D eigenvalue weighted by molar-refractivity contribution is 5.88. The van der Waals surface area contributed by atoms with Crippen molar-refractivity contribution in [3.05, 3.63) is 87.2 Å². The second-order valence-corrected chi connectivity index (χ2v) is 7.69. The number of benzene rings is 2. The number of nitrogens with one attached hydrogen (secondary N) is 1. The summed E-state index contributed by atoms with van der Waals surface area (Å²) in [5.41, 5.74) is 2.54. The Hall–Kier alpha value is -3.74. The van der Waals surface area contributed by atoms with Gasteiger partial charge in [0.2, 0.25) is 5.88 Å². The van der Waals surface area contributed by atoms with Crippen LogP contribution in [0.2, 0.25) is 0 Å². The van der Waals surface area contributed by atoms with E-state index in [9.17, 15) is 9.18 Å². The Labute approximate surface area is 184 Å². The molecule has 4 rings (SSSR count). The molecule has 2 aromatic carbocycles. The maximum Gasteiger partial charge on any atom is 0.227 e. The Morgan fingerprint density at radius 2 is 1.66 bits per heavy atom. The number of aryl methyl sites for hydroxylation is 3. The average Bonchev–Trinajstić information content (AvgIpc) is 2.71. The third-order valence-electron chi connectivity index (χ3n) is 5.10. The first kappa shape index (κ1) is 21.5. The van der Waals surface area contributed by atoms with Gasteiger partial charge in [-0.3, -0.25) is 9.36 Å². The van der Waals surface area contributed by atoms with Crippen molar-refractivity contribution >= 4 is 22.4 Å². The lowest BCUT2D eigenvalue weighted by Gasteiger charge is -2.20. The van der Waals surface area contributed by atoms with Crippen LogP contribution >= 0.6 is 0 Å². The van der Waals surface area contributed by atoms with Gasteiger partial charge in [0, 0.05) is 11.8 Å². The number of aromatic nitrogens is 2. The second-order valence-electron chi connectivity index (χ2n) is 7.69. The third-order valence-corrected chi connectivity index (χ3v) is 5.10. The topological polar surface area (TPSA) is 56.1 Å². The van der Waals surface area contributed by atoms with Crippen LogP contribution in [0.25, 0.3) is 16.6 Å². The van der Waals surface area contributed by atoms with E-state index in [1.165, 1.54) is 18.2 Å². The summed E-state index contributed by atoms with van der Waals surface area (Å²) in [6.45, 7) is 7.45. The SMILES string of the molecule is CCOc1nc(C)cc2c1c(=O)cc(Nc1ccc(C)cc1F)n2-c1ccc(C)cc1F.